The quantitative estimate of drug-likeness (QED) is 0.845. The Morgan fingerprint density at radius 2 is 2.06 bits per heavy atom. The first-order valence-corrected chi connectivity index (χ1v) is 5.35. The van der Waals surface area contributed by atoms with Gasteiger partial charge in [-0.25, -0.2) is 4.68 Å². The molecule has 0 unspecified atom stereocenters. The number of rotatable bonds is 4. The van der Waals surface area contributed by atoms with Gasteiger partial charge in [-0.1, -0.05) is 35.5 Å². The van der Waals surface area contributed by atoms with Crippen molar-refractivity contribution in [1.29, 1.82) is 0 Å². The van der Waals surface area contributed by atoms with E-state index in [0.717, 1.165) is 6.42 Å². The molecule has 2 rings (SSSR count). The lowest BCUT2D eigenvalue weighted by molar-refractivity contribution is 0.276. The normalized spacial score (nSPS) is 12.6. The van der Waals surface area contributed by atoms with Crippen LogP contribution in [0.1, 0.15) is 24.2 Å². The molecule has 16 heavy (non-hydrogen) atoms. The van der Waals surface area contributed by atoms with E-state index >= 15 is 0 Å². The second-order valence-corrected chi connectivity index (χ2v) is 3.89. The Morgan fingerprint density at radius 3 is 2.69 bits per heavy atom. The van der Waals surface area contributed by atoms with Crippen molar-refractivity contribution in [3.8, 4) is 0 Å². The van der Waals surface area contributed by atoms with Crippen molar-refractivity contribution < 1.29 is 5.11 Å². The topological polar surface area (TPSA) is 50.9 Å². The van der Waals surface area contributed by atoms with Crippen molar-refractivity contribution in [2.45, 2.75) is 26.0 Å². The van der Waals surface area contributed by atoms with Crippen LogP contribution in [0.5, 0.6) is 0 Å². The number of hydrogen-bond donors (Lipinski definition) is 1. The Hall–Kier alpha value is -1.68. The average Bonchev–Trinajstić information content (AvgIpc) is 2.79. The lowest BCUT2D eigenvalue weighted by Gasteiger charge is -2.10. The van der Waals surface area contributed by atoms with E-state index < -0.39 is 0 Å². The molecule has 4 heteroatoms. The van der Waals surface area contributed by atoms with Gasteiger partial charge < -0.3 is 5.11 Å². The minimum atomic E-state index is -0.0575. The first kappa shape index (κ1) is 10.8. The Balaban J connectivity index is 2.05. The zero-order valence-electron chi connectivity index (χ0n) is 9.24. The highest BCUT2D eigenvalue weighted by Gasteiger charge is 2.08. The van der Waals surface area contributed by atoms with Crippen molar-refractivity contribution in [3.63, 3.8) is 0 Å². The van der Waals surface area contributed by atoms with Gasteiger partial charge in [0.15, 0.2) is 0 Å². The molecule has 0 fully saturated rings. The molecule has 0 aliphatic rings. The molecule has 1 aromatic carbocycles. The zero-order chi connectivity index (χ0) is 11.4. The summed E-state index contributed by atoms with van der Waals surface area (Å²) in [5.74, 6) is 0. The third-order valence-corrected chi connectivity index (χ3v) is 2.55. The molecule has 1 atom stereocenters. The average molecular weight is 217 g/mol. The summed E-state index contributed by atoms with van der Waals surface area (Å²) in [4.78, 5) is 0. The van der Waals surface area contributed by atoms with Gasteiger partial charge in [0.2, 0.25) is 0 Å². The van der Waals surface area contributed by atoms with E-state index in [1.807, 2.05) is 18.2 Å². The maximum absolute atomic E-state index is 8.91. The van der Waals surface area contributed by atoms with Crippen LogP contribution in [-0.4, -0.2) is 20.1 Å². The zero-order valence-corrected chi connectivity index (χ0v) is 9.24. The number of aliphatic hydroxyl groups is 1. The molecule has 0 radical (unpaired) electrons. The summed E-state index contributed by atoms with van der Waals surface area (Å²) in [7, 11) is 0. The van der Waals surface area contributed by atoms with Crippen LogP contribution in [0.15, 0.2) is 36.5 Å². The highest BCUT2D eigenvalue weighted by atomic mass is 16.3. The second-order valence-electron chi connectivity index (χ2n) is 3.89. The second kappa shape index (κ2) is 4.90. The SMILES string of the molecule is C[C@H](Cc1ccccc1)n1cc(CO)nn1. The molecule has 1 N–H and O–H groups in total. The van der Waals surface area contributed by atoms with Gasteiger partial charge in [0.1, 0.15) is 5.69 Å². The van der Waals surface area contributed by atoms with Gasteiger partial charge in [-0.3, -0.25) is 0 Å². The predicted octanol–water partition coefficient (Wildman–Crippen LogP) is 1.57. The predicted molar refractivity (Wildman–Crippen MR) is 60.8 cm³/mol. The summed E-state index contributed by atoms with van der Waals surface area (Å²) >= 11 is 0. The minimum absolute atomic E-state index is 0.0575. The Morgan fingerprint density at radius 1 is 1.31 bits per heavy atom. The van der Waals surface area contributed by atoms with E-state index in [9.17, 15) is 0 Å². The standard InChI is InChI=1S/C12H15N3O/c1-10(7-11-5-3-2-4-6-11)15-8-12(9-16)13-14-15/h2-6,8,10,16H,7,9H2,1H3/t10-/m1/s1. The number of aromatic nitrogens is 3. The number of aliphatic hydroxyl groups excluding tert-OH is 1. The summed E-state index contributed by atoms with van der Waals surface area (Å²) in [6.45, 7) is 2.03. The van der Waals surface area contributed by atoms with Crippen LogP contribution in [0.2, 0.25) is 0 Å². The third kappa shape index (κ3) is 2.46. The summed E-state index contributed by atoms with van der Waals surface area (Å²) in [5.41, 5.74) is 1.89. The minimum Gasteiger partial charge on any atom is -0.390 e. The maximum Gasteiger partial charge on any atom is 0.108 e. The van der Waals surface area contributed by atoms with E-state index in [2.05, 4.69) is 29.4 Å². The van der Waals surface area contributed by atoms with Crippen molar-refractivity contribution in [2.75, 3.05) is 0 Å². The highest BCUT2D eigenvalue weighted by Crippen LogP contribution is 2.12. The molecular weight excluding hydrogens is 202 g/mol. The monoisotopic (exact) mass is 217 g/mol. The van der Waals surface area contributed by atoms with Gasteiger partial charge >= 0.3 is 0 Å². The molecule has 0 saturated carbocycles. The van der Waals surface area contributed by atoms with E-state index in [0.29, 0.717) is 5.69 Å². The van der Waals surface area contributed by atoms with Gasteiger partial charge in [-0.2, -0.15) is 0 Å². The summed E-state index contributed by atoms with van der Waals surface area (Å²) in [6, 6.07) is 10.5. The molecule has 1 heterocycles. The maximum atomic E-state index is 8.91. The van der Waals surface area contributed by atoms with Gasteiger partial charge in [0.05, 0.1) is 18.8 Å². The van der Waals surface area contributed by atoms with E-state index in [4.69, 9.17) is 5.11 Å². The molecule has 0 saturated heterocycles. The van der Waals surface area contributed by atoms with E-state index in [1.165, 1.54) is 5.56 Å². The molecule has 1 aromatic heterocycles. The van der Waals surface area contributed by atoms with Crippen molar-refractivity contribution >= 4 is 0 Å². The van der Waals surface area contributed by atoms with Gasteiger partial charge in [-0.05, 0) is 18.9 Å². The number of hydrogen-bond acceptors (Lipinski definition) is 3. The lowest BCUT2D eigenvalue weighted by atomic mass is 10.1. The third-order valence-electron chi connectivity index (χ3n) is 2.55. The number of benzene rings is 1. The molecular formula is C12H15N3O. The van der Waals surface area contributed by atoms with Crippen LogP contribution in [0.3, 0.4) is 0 Å². The fourth-order valence-electron chi connectivity index (χ4n) is 1.65. The van der Waals surface area contributed by atoms with Crippen LogP contribution >= 0.6 is 0 Å². The summed E-state index contributed by atoms with van der Waals surface area (Å²) in [5, 5.41) is 16.8. The Bertz CT molecular complexity index is 439. The first-order valence-electron chi connectivity index (χ1n) is 5.35. The Labute approximate surface area is 94.5 Å². The molecule has 0 aliphatic heterocycles. The molecule has 4 nitrogen and oxygen atoms in total. The molecule has 84 valence electrons. The fourth-order valence-corrected chi connectivity index (χ4v) is 1.65. The van der Waals surface area contributed by atoms with E-state index in [1.54, 1.807) is 10.9 Å². The van der Waals surface area contributed by atoms with Crippen LogP contribution in [0.4, 0.5) is 0 Å². The van der Waals surface area contributed by atoms with Crippen LogP contribution in [-0.2, 0) is 13.0 Å². The molecule has 0 bridgehead atoms. The molecule has 0 spiro atoms. The van der Waals surface area contributed by atoms with Gasteiger partial charge in [-0.15, -0.1) is 5.10 Å². The highest BCUT2D eigenvalue weighted by molar-refractivity contribution is 5.15. The molecule has 2 aromatic rings. The van der Waals surface area contributed by atoms with Gasteiger partial charge in [0, 0.05) is 0 Å². The summed E-state index contributed by atoms with van der Waals surface area (Å²) < 4.78 is 1.79. The summed E-state index contributed by atoms with van der Waals surface area (Å²) in [6.07, 6.45) is 2.70. The van der Waals surface area contributed by atoms with E-state index in [-0.39, 0.29) is 12.6 Å². The first-order chi connectivity index (χ1) is 7.79. The van der Waals surface area contributed by atoms with Crippen molar-refractivity contribution in [3.05, 3.63) is 47.8 Å². The van der Waals surface area contributed by atoms with Gasteiger partial charge in [0.25, 0.3) is 0 Å². The van der Waals surface area contributed by atoms with Crippen molar-refractivity contribution in [1.82, 2.24) is 15.0 Å². The van der Waals surface area contributed by atoms with Crippen molar-refractivity contribution in [2.24, 2.45) is 0 Å². The molecule has 0 aliphatic carbocycles. The molecule has 0 amide bonds. The lowest BCUT2D eigenvalue weighted by Crippen LogP contribution is -2.08. The number of nitrogens with zero attached hydrogens (tertiary/aromatic N) is 3. The smallest absolute Gasteiger partial charge is 0.108 e. The fraction of sp³-hybridized carbons (Fsp3) is 0.333. The van der Waals surface area contributed by atoms with Crippen LogP contribution in [0.25, 0.3) is 0 Å². The van der Waals surface area contributed by atoms with Crippen LogP contribution < -0.4 is 0 Å². The Kier molecular flexibility index (Phi) is 3.31. The van der Waals surface area contributed by atoms with Crippen LogP contribution in [0, 0.1) is 0 Å². The largest absolute Gasteiger partial charge is 0.390 e.